The van der Waals surface area contributed by atoms with E-state index in [1.165, 1.54) is 19.1 Å². The second-order valence-electron chi connectivity index (χ2n) is 6.98. The largest absolute Gasteiger partial charge is 0.326 e. The molecule has 2 aromatic heterocycles. The number of aromatic nitrogens is 2. The zero-order chi connectivity index (χ0) is 21.3. The molecule has 0 unspecified atom stereocenters. The molecule has 1 amide bonds. The number of anilines is 2. The van der Waals surface area contributed by atoms with Crippen molar-refractivity contribution in [2.75, 3.05) is 10.0 Å². The number of sulfonamides is 1. The zero-order valence-electron chi connectivity index (χ0n) is 16.5. The van der Waals surface area contributed by atoms with Gasteiger partial charge in [-0.05, 0) is 61.0 Å². The van der Waals surface area contributed by atoms with Crippen LogP contribution in [0.4, 0.5) is 11.4 Å². The first kappa shape index (κ1) is 19.7. The highest BCUT2D eigenvalue weighted by Gasteiger charge is 2.14. The normalized spacial score (nSPS) is 11.4. The highest BCUT2D eigenvalue weighted by atomic mass is 32.2. The van der Waals surface area contributed by atoms with Crippen molar-refractivity contribution in [2.24, 2.45) is 0 Å². The Kier molecular flexibility index (Phi) is 5.01. The van der Waals surface area contributed by atoms with Crippen LogP contribution in [0, 0.1) is 6.92 Å². The molecule has 4 aromatic rings. The monoisotopic (exact) mass is 420 g/mol. The lowest BCUT2D eigenvalue weighted by Crippen LogP contribution is -2.13. The predicted molar refractivity (Wildman–Crippen MR) is 117 cm³/mol. The molecule has 4 rings (SSSR count). The summed E-state index contributed by atoms with van der Waals surface area (Å²) in [7, 11) is -3.74. The highest BCUT2D eigenvalue weighted by Crippen LogP contribution is 2.23. The molecule has 0 fully saturated rings. The van der Waals surface area contributed by atoms with Gasteiger partial charge in [-0.15, -0.1) is 0 Å². The van der Waals surface area contributed by atoms with E-state index in [0.717, 1.165) is 22.5 Å². The lowest BCUT2D eigenvalue weighted by Gasteiger charge is -2.09. The molecule has 0 bridgehead atoms. The van der Waals surface area contributed by atoms with Gasteiger partial charge in [-0.1, -0.05) is 12.1 Å². The van der Waals surface area contributed by atoms with Gasteiger partial charge in [0.2, 0.25) is 5.91 Å². The maximum atomic E-state index is 12.6. The molecule has 0 aliphatic carbocycles. The molecule has 7 nitrogen and oxygen atoms in total. The lowest BCUT2D eigenvalue weighted by molar-refractivity contribution is -0.114. The van der Waals surface area contributed by atoms with Crippen LogP contribution < -0.4 is 10.0 Å². The summed E-state index contributed by atoms with van der Waals surface area (Å²) in [6, 6.07) is 17.1. The van der Waals surface area contributed by atoms with Gasteiger partial charge in [0, 0.05) is 36.3 Å². The van der Waals surface area contributed by atoms with Crippen LogP contribution in [0.3, 0.4) is 0 Å². The quantitative estimate of drug-likeness (QED) is 0.509. The molecule has 0 aliphatic heterocycles. The van der Waals surface area contributed by atoms with Crippen LogP contribution in [0.2, 0.25) is 0 Å². The number of nitrogens with one attached hydrogen (secondary N) is 2. The summed E-state index contributed by atoms with van der Waals surface area (Å²) in [5.74, 6) is -0.218. The Morgan fingerprint density at radius 3 is 2.30 bits per heavy atom. The standard InChI is InChI=1S/C22H20N4O3S/c1-15-11-12-26-14-21(24-22(26)13-15)17-3-5-19(6-4-17)25-30(28,29)20-9-7-18(8-10-20)23-16(2)27/h3-14,25H,1-2H3,(H,23,27). The smallest absolute Gasteiger partial charge is 0.261 e. The van der Waals surface area contributed by atoms with E-state index in [1.54, 1.807) is 24.3 Å². The summed E-state index contributed by atoms with van der Waals surface area (Å²) >= 11 is 0. The number of fused-ring (bicyclic) bond motifs is 1. The minimum atomic E-state index is -3.74. The van der Waals surface area contributed by atoms with Crippen LogP contribution >= 0.6 is 0 Å². The summed E-state index contributed by atoms with van der Waals surface area (Å²) in [6.07, 6.45) is 3.89. The number of hydrogen-bond acceptors (Lipinski definition) is 4. The molecular formula is C22H20N4O3S. The number of imidazole rings is 1. The van der Waals surface area contributed by atoms with Crippen molar-refractivity contribution >= 4 is 33.0 Å². The molecule has 2 heterocycles. The molecule has 152 valence electrons. The number of amides is 1. The number of hydrogen-bond donors (Lipinski definition) is 2. The maximum absolute atomic E-state index is 12.6. The fourth-order valence-corrected chi connectivity index (χ4v) is 4.13. The zero-order valence-corrected chi connectivity index (χ0v) is 17.3. The van der Waals surface area contributed by atoms with E-state index in [4.69, 9.17) is 0 Å². The molecule has 30 heavy (non-hydrogen) atoms. The maximum Gasteiger partial charge on any atom is 0.261 e. The summed E-state index contributed by atoms with van der Waals surface area (Å²) in [6.45, 7) is 3.41. The van der Waals surface area contributed by atoms with Gasteiger partial charge in [-0.2, -0.15) is 0 Å². The minimum absolute atomic E-state index is 0.108. The van der Waals surface area contributed by atoms with E-state index in [1.807, 2.05) is 48.0 Å². The van der Waals surface area contributed by atoms with Gasteiger partial charge in [0.25, 0.3) is 10.0 Å². The molecule has 0 radical (unpaired) electrons. The van der Waals surface area contributed by atoms with Crippen LogP contribution in [-0.4, -0.2) is 23.7 Å². The summed E-state index contributed by atoms with van der Waals surface area (Å²) < 4.78 is 29.8. The number of rotatable bonds is 5. The average molecular weight is 420 g/mol. The van der Waals surface area contributed by atoms with Crippen LogP contribution in [0.1, 0.15) is 12.5 Å². The molecular weight excluding hydrogens is 400 g/mol. The van der Waals surface area contributed by atoms with E-state index in [-0.39, 0.29) is 10.8 Å². The number of nitrogens with zero attached hydrogens (tertiary/aromatic N) is 2. The molecule has 0 saturated heterocycles. The van der Waals surface area contributed by atoms with Crippen LogP contribution in [0.15, 0.2) is 78.0 Å². The van der Waals surface area contributed by atoms with E-state index >= 15 is 0 Å². The van der Waals surface area contributed by atoms with Crippen molar-refractivity contribution in [1.82, 2.24) is 9.38 Å². The second-order valence-corrected chi connectivity index (χ2v) is 8.67. The second kappa shape index (κ2) is 7.64. The fourth-order valence-electron chi connectivity index (χ4n) is 3.07. The minimum Gasteiger partial charge on any atom is -0.326 e. The Labute approximate surface area is 174 Å². The highest BCUT2D eigenvalue weighted by molar-refractivity contribution is 7.92. The van der Waals surface area contributed by atoms with Crippen LogP contribution in [-0.2, 0) is 14.8 Å². The van der Waals surface area contributed by atoms with Gasteiger partial charge in [0.05, 0.1) is 10.6 Å². The van der Waals surface area contributed by atoms with Crippen molar-refractivity contribution in [3.63, 3.8) is 0 Å². The number of aryl methyl sites for hydroxylation is 1. The molecule has 0 saturated carbocycles. The van der Waals surface area contributed by atoms with E-state index < -0.39 is 10.0 Å². The molecule has 0 aliphatic rings. The lowest BCUT2D eigenvalue weighted by atomic mass is 10.1. The summed E-state index contributed by atoms with van der Waals surface area (Å²) in [5.41, 5.74) is 4.67. The first-order valence-corrected chi connectivity index (χ1v) is 10.7. The average Bonchev–Trinajstić information content (AvgIpc) is 3.11. The first-order chi connectivity index (χ1) is 14.3. The van der Waals surface area contributed by atoms with Crippen molar-refractivity contribution < 1.29 is 13.2 Å². The Morgan fingerprint density at radius 1 is 0.967 bits per heavy atom. The van der Waals surface area contributed by atoms with Crippen molar-refractivity contribution in [2.45, 2.75) is 18.7 Å². The third kappa shape index (κ3) is 4.18. The van der Waals surface area contributed by atoms with E-state index in [0.29, 0.717) is 11.4 Å². The Balaban J connectivity index is 1.52. The fraction of sp³-hybridized carbons (Fsp3) is 0.0909. The Bertz CT molecular complexity index is 1330. The topological polar surface area (TPSA) is 92.6 Å². The van der Waals surface area contributed by atoms with Gasteiger partial charge in [0.15, 0.2) is 0 Å². The van der Waals surface area contributed by atoms with Gasteiger partial charge < -0.3 is 9.72 Å². The van der Waals surface area contributed by atoms with Crippen molar-refractivity contribution in [3.05, 3.63) is 78.6 Å². The van der Waals surface area contributed by atoms with Gasteiger partial charge in [0.1, 0.15) is 5.65 Å². The van der Waals surface area contributed by atoms with Gasteiger partial charge >= 0.3 is 0 Å². The number of pyridine rings is 1. The molecule has 2 N–H and O–H groups in total. The van der Waals surface area contributed by atoms with Crippen LogP contribution in [0.5, 0.6) is 0 Å². The van der Waals surface area contributed by atoms with Gasteiger partial charge in [-0.25, -0.2) is 13.4 Å². The summed E-state index contributed by atoms with van der Waals surface area (Å²) in [5, 5.41) is 2.61. The molecule has 0 atom stereocenters. The number of carbonyl (C=O) groups is 1. The summed E-state index contributed by atoms with van der Waals surface area (Å²) in [4.78, 5) is 15.8. The van der Waals surface area contributed by atoms with Crippen molar-refractivity contribution in [1.29, 1.82) is 0 Å². The number of benzene rings is 2. The van der Waals surface area contributed by atoms with Gasteiger partial charge in [-0.3, -0.25) is 9.52 Å². The first-order valence-electron chi connectivity index (χ1n) is 9.26. The molecule has 0 spiro atoms. The Morgan fingerprint density at radius 2 is 1.63 bits per heavy atom. The number of carbonyl (C=O) groups excluding carboxylic acids is 1. The third-order valence-corrected chi connectivity index (χ3v) is 5.93. The van der Waals surface area contributed by atoms with E-state index in [2.05, 4.69) is 15.0 Å². The predicted octanol–water partition coefficient (Wildman–Crippen LogP) is 4.07. The Hall–Kier alpha value is -3.65. The SMILES string of the molecule is CC(=O)Nc1ccc(S(=O)(=O)Nc2ccc(-c3cn4ccc(C)cc4n3)cc2)cc1. The molecule has 2 aromatic carbocycles. The molecule has 8 heteroatoms. The van der Waals surface area contributed by atoms with E-state index in [9.17, 15) is 13.2 Å². The van der Waals surface area contributed by atoms with Crippen molar-refractivity contribution in [3.8, 4) is 11.3 Å². The van der Waals surface area contributed by atoms with Crippen LogP contribution in [0.25, 0.3) is 16.9 Å². The third-order valence-electron chi connectivity index (χ3n) is 4.53.